The molecule has 0 aliphatic carbocycles. The first kappa shape index (κ1) is 15.7. The molecule has 0 aromatic carbocycles. The van der Waals surface area contributed by atoms with E-state index < -0.39 is 0 Å². The summed E-state index contributed by atoms with van der Waals surface area (Å²) < 4.78 is 16.4. The Balaban J connectivity index is 1.50. The Hall–Kier alpha value is -2.77. The van der Waals surface area contributed by atoms with Crippen LogP contribution in [-0.4, -0.2) is 50.7 Å². The highest BCUT2D eigenvalue weighted by Crippen LogP contribution is 2.24. The minimum absolute atomic E-state index is 0.0362. The largest absolute Gasteiger partial charge is 0.352 e. The van der Waals surface area contributed by atoms with E-state index in [1.165, 1.54) is 6.33 Å². The number of fused-ring (bicyclic) bond motifs is 1. The van der Waals surface area contributed by atoms with E-state index in [4.69, 9.17) is 0 Å². The van der Waals surface area contributed by atoms with Crippen LogP contribution in [0.15, 0.2) is 30.9 Å². The Bertz CT molecular complexity index is 884. The molecule has 0 radical (unpaired) electrons. The summed E-state index contributed by atoms with van der Waals surface area (Å²) in [6.45, 7) is 6.77. The number of anilines is 2. The maximum Gasteiger partial charge on any atom is 0.187 e. The van der Waals surface area contributed by atoms with Crippen molar-refractivity contribution in [2.45, 2.75) is 19.8 Å². The van der Waals surface area contributed by atoms with Crippen LogP contribution in [0.1, 0.15) is 25.5 Å². The van der Waals surface area contributed by atoms with Crippen LogP contribution in [0.25, 0.3) is 5.65 Å². The van der Waals surface area contributed by atoms with Gasteiger partial charge in [0.1, 0.15) is 12.1 Å². The zero-order valence-corrected chi connectivity index (χ0v) is 14.3. The Morgan fingerprint density at radius 1 is 1.00 bits per heavy atom. The summed E-state index contributed by atoms with van der Waals surface area (Å²) in [6.07, 6.45) is 5.02. The summed E-state index contributed by atoms with van der Waals surface area (Å²) in [6, 6.07) is 3.92. The topological polar surface area (TPSA) is 62.5 Å². The van der Waals surface area contributed by atoms with Crippen LogP contribution in [0.3, 0.4) is 0 Å². The number of rotatable bonds is 3. The molecule has 4 heterocycles. The van der Waals surface area contributed by atoms with Crippen LogP contribution in [0, 0.1) is 5.82 Å². The van der Waals surface area contributed by atoms with E-state index >= 15 is 0 Å². The van der Waals surface area contributed by atoms with E-state index in [0.29, 0.717) is 24.6 Å². The molecule has 7 nitrogen and oxygen atoms in total. The molecule has 3 aromatic rings. The van der Waals surface area contributed by atoms with Gasteiger partial charge in [0, 0.05) is 38.6 Å². The minimum atomic E-state index is -0.302. The third-order valence-corrected chi connectivity index (χ3v) is 4.49. The molecule has 0 unspecified atom stereocenters. The van der Waals surface area contributed by atoms with Gasteiger partial charge in [0.2, 0.25) is 0 Å². The number of nitrogens with zero attached hydrogens (tertiary/aromatic N) is 7. The van der Waals surface area contributed by atoms with Crippen LogP contribution in [-0.2, 0) is 0 Å². The van der Waals surface area contributed by atoms with Gasteiger partial charge in [-0.05, 0) is 18.1 Å². The van der Waals surface area contributed by atoms with Gasteiger partial charge in [0.25, 0.3) is 0 Å². The summed E-state index contributed by atoms with van der Waals surface area (Å²) in [5.41, 5.74) is 1.30. The summed E-state index contributed by atoms with van der Waals surface area (Å²) in [7, 11) is 0. The molecule has 0 saturated carbocycles. The molecular formula is C17H20FN7. The molecule has 3 aromatic heterocycles. The predicted molar refractivity (Wildman–Crippen MR) is 93.5 cm³/mol. The van der Waals surface area contributed by atoms with Crippen molar-refractivity contribution in [3.8, 4) is 0 Å². The Kier molecular flexibility index (Phi) is 3.95. The fourth-order valence-corrected chi connectivity index (χ4v) is 3.12. The number of hydrogen-bond acceptors (Lipinski definition) is 6. The predicted octanol–water partition coefficient (Wildman–Crippen LogP) is 2.11. The van der Waals surface area contributed by atoms with Crippen molar-refractivity contribution in [1.29, 1.82) is 0 Å². The zero-order chi connectivity index (χ0) is 17.4. The maximum absolute atomic E-state index is 14.7. The van der Waals surface area contributed by atoms with Gasteiger partial charge in [0.15, 0.2) is 17.3 Å². The van der Waals surface area contributed by atoms with Crippen molar-refractivity contribution >= 4 is 17.3 Å². The van der Waals surface area contributed by atoms with Crippen LogP contribution in [0.4, 0.5) is 16.0 Å². The average molecular weight is 341 g/mol. The third kappa shape index (κ3) is 2.88. The zero-order valence-electron chi connectivity index (χ0n) is 14.3. The number of imidazole rings is 1. The maximum atomic E-state index is 14.7. The Labute approximate surface area is 145 Å². The highest BCUT2D eigenvalue weighted by atomic mass is 19.1. The second-order valence-electron chi connectivity index (χ2n) is 6.45. The summed E-state index contributed by atoms with van der Waals surface area (Å²) in [5, 5.41) is 4.57. The Morgan fingerprint density at radius 3 is 2.52 bits per heavy atom. The van der Waals surface area contributed by atoms with E-state index in [1.807, 2.05) is 37.1 Å². The standard InChI is InChI=1S/C17H20FN7/c1-12(2)16-15(18)17(21-11-20-16)24-9-7-23(8-10-24)14-4-3-13-19-5-6-25(13)22-14/h3-6,11-12H,7-10H2,1-2H3. The van der Waals surface area contributed by atoms with Gasteiger partial charge >= 0.3 is 0 Å². The van der Waals surface area contributed by atoms with Crippen LogP contribution < -0.4 is 9.80 Å². The second-order valence-corrected chi connectivity index (χ2v) is 6.45. The number of aromatic nitrogens is 5. The summed E-state index contributed by atoms with van der Waals surface area (Å²) >= 11 is 0. The molecule has 1 fully saturated rings. The number of hydrogen-bond donors (Lipinski definition) is 0. The lowest BCUT2D eigenvalue weighted by atomic mass is 10.1. The molecule has 130 valence electrons. The SMILES string of the molecule is CC(C)c1ncnc(N2CCN(c3ccc4nccn4n3)CC2)c1F. The summed E-state index contributed by atoms with van der Waals surface area (Å²) in [5.74, 6) is 1.03. The minimum Gasteiger partial charge on any atom is -0.352 e. The molecule has 1 aliphatic heterocycles. The first-order valence-corrected chi connectivity index (χ1v) is 8.44. The lowest BCUT2D eigenvalue weighted by Gasteiger charge is -2.36. The first-order chi connectivity index (χ1) is 12.1. The second kappa shape index (κ2) is 6.27. The number of piperazine rings is 1. The molecule has 8 heteroatoms. The molecule has 0 amide bonds. The van der Waals surface area contributed by atoms with Crippen molar-refractivity contribution in [2.24, 2.45) is 0 Å². The molecule has 0 spiro atoms. The molecular weight excluding hydrogens is 321 g/mol. The van der Waals surface area contributed by atoms with Gasteiger partial charge in [-0.1, -0.05) is 13.8 Å². The smallest absolute Gasteiger partial charge is 0.187 e. The fraction of sp³-hybridized carbons (Fsp3) is 0.412. The third-order valence-electron chi connectivity index (χ3n) is 4.49. The van der Waals surface area contributed by atoms with Gasteiger partial charge in [-0.2, -0.15) is 0 Å². The molecule has 4 rings (SSSR count). The van der Waals surface area contributed by atoms with Gasteiger partial charge in [-0.15, -0.1) is 5.10 Å². The van der Waals surface area contributed by atoms with Gasteiger partial charge in [-0.25, -0.2) is 23.9 Å². The molecule has 1 aliphatic rings. The van der Waals surface area contributed by atoms with E-state index in [9.17, 15) is 4.39 Å². The van der Waals surface area contributed by atoms with Gasteiger partial charge in [0.05, 0.1) is 5.69 Å². The molecule has 1 saturated heterocycles. The van der Waals surface area contributed by atoms with Crippen molar-refractivity contribution in [3.63, 3.8) is 0 Å². The monoisotopic (exact) mass is 341 g/mol. The quantitative estimate of drug-likeness (QED) is 0.727. The van der Waals surface area contributed by atoms with E-state index in [-0.39, 0.29) is 11.7 Å². The average Bonchev–Trinajstić information content (AvgIpc) is 3.09. The van der Waals surface area contributed by atoms with Gasteiger partial charge in [-0.3, -0.25) is 0 Å². The molecule has 0 N–H and O–H groups in total. The van der Waals surface area contributed by atoms with Crippen LogP contribution >= 0.6 is 0 Å². The van der Waals surface area contributed by atoms with Crippen LogP contribution in [0.5, 0.6) is 0 Å². The van der Waals surface area contributed by atoms with E-state index in [1.54, 1.807) is 10.7 Å². The summed E-state index contributed by atoms with van der Waals surface area (Å²) in [4.78, 5) is 16.6. The van der Waals surface area contributed by atoms with E-state index in [2.05, 4.69) is 25.0 Å². The van der Waals surface area contributed by atoms with Crippen LogP contribution in [0.2, 0.25) is 0 Å². The lowest BCUT2D eigenvalue weighted by molar-refractivity contribution is 0.555. The highest BCUT2D eigenvalue weighted by molar-refractivity contribution is 5.49. The van der Waals surface area contributed by atoms with E-state index in [0.717, 1.165) is 24.6 Å². The first-order valence-electron chi connectivity index (χ1n) is 8.44. The highest BCUT2D eigenvalue weighted by Gasteiger charge is 2.24. The van der Waals surface area contributed by atoms with Crippen molar-refractivity contribution in [1.82, 2.24) is 24.6 Å². The van der Waals surface area contributed by atoms with Crippen molar-refractivity contribution < 1.29 is 4.39 Å². The molecule has 0 bridgehead atoms. The van der Waals surface area contributed by atoms with Gasteiger partial charge < -0.3 is 9.80 Å². The fourth-order valence-electron chi connectivity index (χ4n) is 3.12. The lowest BCUT2D eigenvalue weighted by Crippen LogP contribution is -2.47. The van der Waals surface area contributed by atoms with Crippen molar-refractivity contribution in [3.05, 3.63) is 42.4 Å². The Morgan fingerprint density at radius 2 is 1.76 bits per heavy atom. The normalized spacial score (nSPS) is 15.4. The number of halogens is 1. The molecule has 25 heavy (non-hydrogen) atoms. The molecule has 0 atom stereocenters. The van der Waals surface area contributed by atoms with Crippen molar-refractivity contribution in [2.75, 3.05) is 36.0 Å².